The third-order valence-corrected chi connectivity index (χ3v) is 2.94. The zero-order valence-corrected chi connectivity index (χ0v) is 12.9. The van der Waals surface area contributed by atoms with E-state index in [1.807, 2.05) is 6.07 Å². The van der Waals surface area contributed by atoms with Crippen LogP contribution in [-0.2, 0) is 4.84 Å². The van der Waals surface area contributed by atoms with E-state index >= 15 is 0 Å². The van der Waals surface area contributed by atoms with Crippen molar-refractivity contribution in [3.63, 3.8) is 0 Å². The number of hydrazone groups is 1. The summed E-state index contributed by atoms with van der Waals surface area (Å²) < 4.78 is 5.09. The second kappa shape index (κ2) is 8.33. The van der Waals surface area contributed by atoms with Crippen LogP contribution in [0.1, 0.15) is 10.4 Å². The minimum Gasteiger partial charge on any atom is -0.497 e. The van der Waals surface area contributed by atoms with Crippen LogP contribution >= 0.6 is 0 Å². The largest absolute Gasteiger partial charge is 0.497 e. The molecule has 0 saturated carbocycles. The molecular formula is C17H17N3O3. The lowest BCUT2D eigenvalue weighted by molar-refractivity contribution is 0.106. The Balaban J connectivity index is 2.19. The maximum absolute atomic E-state index is 12.4. The molecule has 118 valence electrons. The summed E-state index contributed by atoms with van der Waals surface area (Å²) in [5, 5.41) is 7.73. The molecule has 0 fully saturated rings. The molecule has 2 rings (SSSR count). The van der Waals surface area contributed by atoms with Crippen molar-refractivity contribution in [2.75, 3.05) is 19.6 Å². The lowest BCUT2D eigenvalue weighted by atomic mass is 10.1. The summed E-state index contributed by atoms with van der Waals surface area (Å²) >= 11 is 0. The molecule has 6 nitrogen and oxygen atoms in total. The number of carbonyl (C=O) groups excluding carboxylic acids is 1. The number of anilines is 1. The monoisotopic (exact) mass is 311 g/mol. The molecule has 2 aromatic rings. The number of benzene rings is 2. The van der Waals surface area contributed by atoms with E-state index in [0.717, 1.165) is 11.4 Å². The molecule has 0 aromatic heterocycles. The Bertz CT molecular complexity index is 695. The van der Waals surface area contributed by atoms with Crippen molar-refractivity contribution >= 4 is 23.4 Å². The number of methoxy groups -OCH3 is 1. The molecule has 0 saturated heterocycles. The highest BCUT2D eigenvalue weighted by Crippen LogP contribution is 2.15. The van der Waals surface area contributed by atoms with Crippen molar-refractivity contribution in [3.8, 4) is 5.75 Å². The molecule has 0 aliphatic rings. The highest BCUT2D eigenvalue weighted by Gasteiger charge is 2.12. The van der Waals surface area contributed by atoms with Gasteiger partial charge in [-0.25, -0.2) is 0 Å². The second-order valence-corrected chi connectivity index (χ2v) is 4.45. The van der Waals surface area contributed by atoms with E-state index in [0.29, 0.717) is 5.56 Å². The highest BCUT2D eigenvalue weighted by molar-refractivity contribution is 6.64. The summed E-state index contributed by atoms with van der Waals surface area (Å²) in [6.07, 6.45) is 1.27. The molecule has 0 atom stereocenters. The van der Waals surface area contributed by atoms with Gasteiger partial charge in [0.25, 0.3) is 0 Å². The van der Waals surface area contributed by atoms with Gasteiger partial charge in [0, 0.05) is 5.56 Å². The van der Waals surface area contributed by atoms with Gasteiger partial charge in [0.1, 0.15) is 12.9 Å². The second-order valence-electron chi connectivity index (χ2n) is 4.45. The van der Waals surface area contributed by atoms with Crippen LogP contribution in [0.25, 0.3) is 0 Å². The van der Waals surface area contributed by atoms with Gasteiger partial charge in [-0.2, -0.15) is 5.10 Å². The maximum atomic E-state index is 12.4. The van der Waals surface area contributed by atoms with E-state index in [1.54, 1.807) is 55.6 Å². The van der Waals surface area contributed by atoms with E-state index in [-0.39, 0.29) is 11.5 Å². The number of carbonyl (C=O) groups is 1. The van der Waals surface area contributed by atoms with Crippen molar-refractivity contribution in [1.82, 2.24) is 0 Å². The molecule has 2 aromatic carbocycles. The van der Waals surface area contributed by atoms with E-state index in [2.05, 4.69) is 20.5 Å². The summed E-state index contributed by atoms with van der Waals surface area (Å²) in [5.74, 6) is 0.480. The Hall–Kier alpha value is -3.15. The third kappa shape index (κ3) is 4.67. The van der Waals surface area contributed by atoms with Crippen LogP contribution in [0.3, 0.4) is 0 Å². The summed E-state index contributed by atoms with van der Waals surface area (Å²) in [7, 11) is 3.00. The normalized spacial score (nSPS) is 11.3. The number of oxime groups is 1. The lowest BCUT2D eigenvalue weighted by Gasteiger charge is -2.04. The summed E-state index contributed by atoms with van der Waals surface area (Å²) in [5.41, 5.74) is 4.19. The van der Waals surface area contributed by atoms with Gasteiger partial charge in [-0.1, -0.05) is 35.5 Å². The molecule has 6 heteroatoms. The number of Topliss-reactive ketones (excluding diaryl/α,β-unsaturated/α-hetero) is 1. The molecule has 0 aliphatic heterocycles. The van der Waals surface area contributed by atoms with E-state index in [4.69, 9.17) is 4.74 Å². The van der Waals surface area contributed by atoms with Crippen LogP contribution in [0.2, 0.25) is 0 Å². The fourth-order valence-corrected chi connectivity index (χ4v) is 1.77. The Labute approximate surface area is 134 Å². The first-order chi connectivity index (χ1) is 11.2. The smallest absolute Gasteiger partial charge is 0.214 e. The van der Waals surface area contributed by atoms with Crippen LogP contribution < -0.4 is 10.2 Å². The molecule has 0 amide bonds. The van der Waals surface area contributed by atoms with Gasteiger partial charge >= 0.3 is 0 Å². The maximum Gasteiger partial charge on any atom is 0.214 e. The SMILES string of the molecule is CO/N=C/C(=N/Nc1ccc(OC)cc1)C(=O)c1ccccc1. The molecule has 0 spiro atoms. The number of nitrogens with one attached hydrogen (secondary N) is 1. The van der Waals surface area contributed by atoms with Gasteiger partial charge in [0.15, 0.2) is 5.71 Å². The Morgan fingerprint density at radius 3 is 2.35 bits per heavy atom. The quantitative estimate of drug-likeness (QED) is 0.485. The van der Waals surface area contributed by atoms with E-state index < -0.39 is 0 Å². The molecule has 23 heavy (non-hydrogen) atoms. The van der Waals surface area contributed by atoms with Crippen molar-refractivity contribution in [1.29, 1.82) is 0 Å². The van der Waals surface area contributed by atoms with Gasteiger partial charge in [-0.3, -0.25) is 10.2 Å². The number of ketones is 1. The van der Waals surface area contributed by atoms with Gasteiger partial charge < -0.3 is 9.57 Å². The first-order valence-electron chi connectivity index (χ1n) is 6.88. The average molecular weight is 311 g/mol. The number of rotatable bonds is 7. The zero-order chi connectivity index (χ0) is 16.5. The molecular weight excluding hydrogens is 294 g/mol. The zero-order valence-electron chi connectivity index (χ0n) is 12.9. The summed E-state index contributed by atoms with van der Waals surface area (Å²) in [6.45, 7) is 0. The lowest BCUT2D eigenvalue weighted by Crippen LogP contribution is -2.17. The molecule has 1 N–H and O–H groups in total. The third-order valence-electron chi connectivity index (χ3n) is 2.94. The fraction of sp³-hybridized carbons (Fsp3) is 0.118. The summed E-state index contributed by atoms with van der Waals surface area (Å²) in [6, 6.07) is 16.0. The standard InChI is InChI=1S/C17H17N3O3/c1-22-15-10-8-14(9-11-15)19-20-16(12-18-23-2)17(21)13-6-4-3-5-7-13/h3-12,19H,1-2H3/b18-12+,20-16-. The van der Waals surface area contributed by atoms with Crippen molar-refractivity contribution < 1.29 is 14.4 Å². The number of nitrogens with zero attached hydrogens (tertiary/aromatic N) is 2. The van der Waals surface area contributed by atoms with Gasteiger partial charge in [0.05, 0.1) is 19.0 Å². The van der Waals surface area contributed by atoms with Crippen molar-refractivity contribution in [2.45, 2.75) is 0 Å². The number of ether oxygens (including phenoxy) is 1. The van der Waals surface area contributed by atoms with E-state index in [1.165, 1.54) is 13.3 Å². The molecule has 0 aliphatic carbocycles. The Kier molecular flexibility index (Phi) is 5.88. The first-order valence-corrected chi connectivity index (χ1v) is 6.88. The van der Waals surface area contributed by atoms with Crippen LogP contribution in [0.15, 0.2) is 64.9 Å². The first kappa shape index (κ1) is 16.2. The number of hydrogen-bond acceptors (Lipinski definition) is 6. The topological polar surface area (TPSA) is 72.3 Å². The molecule has 0 bridgehead atoms. The van der Waals surface area contributed by atoms with Crippen LogP contribution in [0.5, 0.6) is 5.75 Å². The molecule has 0 unspecified atom stereocenters. The van der Waals surface area contributed by atoms with E-state index in [9.17, 15) is 4.79 Å². The van der Waals surface area contributed by atoms with Crippen molar-refractivity contribution in [2.24, 2.45) is 10.3 Å². The minimum absolute atomic E-state index is 0.133. The Morgan fingerprint density at radius 2 is 1.74 bits per heavy atom. The molecule has 0 radical (unpaired) electrons. The fourth-order valence-electron chi connectivity index (χ4n) is 1.77. The predicted molar refractivity (Wildman–Crippen MR) is 90.3 cm³/mol. The van der Waals surface area contributed by atoms with Gasteiger partial charge in [-0.05, 0) is 24.3 Å². The molecule has 0 heterocycles. The number of hydrogen-bond donors (Lipinski definition) is 1. The van der Waals surface area contributed by atoms with Crippen LogP contribution in [-0.4, -0.2) is 31.9 Å². The highest BCUT2D eigenvalue weighted by atomic mass is 16.6. The summed E-state index contributed by atoms with van der Waals surface area (Å²) in [4.78, 5) is 17.1. The average Bonchev–Trinajstić information content (AvgIpc) is 2.62. The van der Waals surface area contributed by atoms with Gasteiger partial charge in [-0.15, -0.1) is 0 Å². The predicted octanol–water partition coefficient (Wildman–Crippen LogP) is 2.98. The van der Waals surface area contributed by atoms with Crippen LogP contribution in [0.4, 0.5) is 5.69 Å². The van der Waals surface area contributed by atoms with Gasteiger partial charge in [0.2, 0.25) is 5.78 Å². The Morgan fingerprint density at radius 1 is 1.04 bits per heavy atom. The van der Waals surface area contributed by atoms with Crippen LogP contribution in [0, 0.1) is 0 Å². The minimum atomic E-state index is -0.257. The van der Waals surface area contributed by atoms with Crippen molar-refractivity contribution in [3.05, 3.63) is 60.2 Å².